The Bertz CT molecular complexity index is 214. The van der Waals surface area contributed by atoms with Crippen LogP contribution in [0.5, 0.6) is 0 Å². The highest BCUT2D eigenvalue weighted by Gasteiger charge is 2.32. The molecule has 0 heterocycles. The van der Waals surface area contributed by atoms with Gasteiger partial charge in [-0.15, -0.1) is 0 Å². The first-order valence-electron chi connectivity index (χ1n) is 6.48. The number of alkyl halides is 2. The van der Waals surface area contributed by atoms with Crippen LogP contribution in [0.2, 0.25) is 0 Å². The van der Waals surface area contributed by atoms with Crippen molar-refractivity contribution in [1.29, 1.82) is 0 Å². The van der Waals surface area contributed by atoms with E-state index in [2.05, 4.69) is 31.9 Å². The van der Waals surface area contributed by atoms with Gasteiger partial charge in [0.2, 0.25) is 0 Å². The van der Waals surface area contributed by atoms with Crippen molar-refractivity contribution in [2.24, 2.45) is 11.8 Å². The molecule has 0 atom stereocenters. The summed E-state index contributed by atoms with van der Waals surface area (Å²) in [6, 6.07) is 0. The van der Waals surface area contributed by atoms with Gasteiger partial charge in [0.1, 0.15) is 5.78 Å². The van der Waals surface area contributed by atoms with Crippen molar-refractivity contribution in [3.63, 3.8) is 0 Å². The maximum Gasteiger partial charge on any atom is 0.139 e. The van der Waals surface area contributed by atoms with Gasteiger partial charge in [0.25, 0.3) is 0 Å². The normalized spacial score (nSPS) is 40.6. The molecule has 92 valence electrons. The first-order valence-corrected chi connectivity index (χ1v) is 8.32. The Labute approximate surface area is 115 Å². The fourth-order valence-electron chi connectivity index (χ4n) is 3.01. The van der Waals surface area contributed by atoms with Gasteiger partial charge in [-0.1, -0.05) is 31.9 Å². The van der Waals surface area contributed by atoms with E-state index in [1.807, 2.05) is 0 Å². The molecule has 0 radical (unpaired) electrons. The summed E-state index contributed by atoms with van der Waals surface area (Å²) in [7, 11) is 0. The molecule has 1 nitrogen and oxygen atoms in total. The van der Waals surface area contributed by atoms with E-state index in [-0.39, 0.29) is 0 Å². The van der Waals surface area contributed by atoms with Crippen LogP contribution in [0.4, 0.5) is 0 Å². The van der Waals surface area contributed by atoms with E-state index in [4.69, 9.17) is 0 Å². The lowest BCUT2D eigenvalue weighted by atomic mass is 9.76. The third-order valence-electron chi connectivity index (χ3n) is 4.12. The predicted octanol–water partition coefficient (Wildman–Crippen LogP) is 4.46. The number of rotatable bonds is 2. The molecule has 2 fully saturated rings. The Balaban J connectivity index is 1.83. The zero-order valence-corrected chi connectivity index (χ0v) is 12.8. The van der Waals surface area contributed by atoms with Gasteiger partial charge in [-0.25, -0.2) is 0 Å². The van der Waals surface area contributed by atoms with Crippen LogP contribution in [0, 0.1) is 11.8 Å². The van der Waals surface area contributed by atoms with Gasteiger partial charge in [-0.2, -0.15) is 0 Å². The first kappa shape index (κ1) is 13.1. The van der Waals surface area contributed by atoms with Crippen LogP contribution >= 0.6 is 31.9 Å². The van der Waals surface area contributed by atoms with Crippen LogP contribution in [-0.2, 0) is 4.79 Å². The highest BCUT2D eigenvalue weighted by atomic mass is 79.9. The smallest absolute Gasteiger partial charge is 0.139 e. The fourth-order valence-corrected chi connectivity index (χ4v) is 4.07. The van der Waals surface area contributed by atoms with Gasteiger partial charge in [0.15, 0.2) is 0 Å². The Hall–Kier alpha value is 0.630. The molecular formula is C13H20Br2O. The van der Waals surface area contributed by atoms with E-state index in [9.17, 15) is 4.79 Å². The molecule has 2 saturated carbocycles. The molecule has 2 aliphatic rings. The fraction of sp³-hybridized carbons (Fsp3) is 0.923. The molecule has 0 unspecified atom stereocenters. The monoisotopic (exact) mass is 350 g/mol. The lowest BCUT2D eigenvalue weighted by molar-refractivity contribution is -0.128. The number of Topliss-reactive ketones (excluding diaryl/α,β-unsaturated/α-hetero) is 1. The Kier molecular flexibility index (Phi) is 4.89. The molecule has 0 aromatic heterocycles. The van der Waals surface area contributed by atoms with Gasteiger partial charge in [-0.05, 0) is 51.4 Å². The predicted molar refractivity (Wildman–Crippen MR) is 74.4 cm³/mol. The summed E-state index contributed by atoms with van der Waals surface area (Å²) in [5.41, 5.74) is 0. The van der Waals surface area contributed by atoms with Crippen molar-refractivity contribution in [1.82, 2.24) is 0 Å². The summed E-state index contributed by atoms with van der Waals surface area (Å²) in [5, 5.41) is 0. The number of hydrogen-bond donors (Lipinski definition) is 0. The molecule has 0 saturated heterocycles. The second kappa shape index (κ2) is 5.99. The van der Waals surface area contributed by atoms with Gasteiger partial charge in [-0.3, -0.25) is 4.79 Å². The van der Waals surface area contributed by atoms with Crippen LogP contribution in [0.3, 0.4) is 0 Å². The summed E-state index contributed by atoms with van der Waals surface area (Å²) in [6.45, 7) is 0. The number of ketones is 1. The second-order valence-electron chi connectivity index (χ2n) is 5.30. The molecule has 16 heavy (non-hydrogen) atoms. The number of halogens is 2. The summed E-state index contributed by atoms with van der Waals surface area (Å²) in [4.78, 5) is 13.7. The molecule has 0 aromatic rings. The highest BCUT2D eigenvalue weighted by Crippen LogP contribution is 2.35. The van der Waals surface area contributed by atoms with Gasteiger partial charge < -0.3 is 0 Å². The average molecular weight is 352 g/mol. The van der Waals surface area contributed by atoms with Crippen LogP contribution in [0.1, 0.15) is 51.4 Å². The second-order valence-corrected chi connectivity index (χ2v) is 7.89. The molecule has 3 heteroatoms. The van der Waals surface area contributed by atoms with Crippen LogP contribution in [0.25, 0.3) is 0 Å². The number of hydrogen-bond acceptors (Lipinski definition) is 1. The van der Waals surface area contributed by atoms with Gasteiger partial charge in [0.05, 0.1) is 0 Å². The SMILES string of the molecule is O=C(C1CCC(Br)CC1)C1CCC(Br)CC1. The summed E-state index contributed by atoms with van der Waals surface area (Å²) >= 11 is 7.30. The van der Waals surface area contributed by atoms with Crippen LogP contribution < -0.4 is 0 Å². The first-order chi connectivity index (χ1) is 7.66. The zero-order valence-electron chi connectivity index (χ0n) is 9.63. The van der Waals surface area contributed by atoms with E-state index in [1.54, 1.807) is 0 Å². The van der Waals surface area contributed by atoms with Crippen molar-refractivity contribution in [3.05, 3.63) is 0 Å². The minimum Gasteiger partial charge on any atom is -0.299 e. The van der Waals surface area contributed by atoms with E-state index in [1.165, 1.54) is 25.7 Å². The topological polar surface area (TPSA) is 17.1 Å². The molecular weight excluding hydrogens is 332 g/mol. The molecule has 0 N–H and O–H groups in total. The Morgan fingerprint density at radius 2 is 1.00 bits per heavy atom. The van der Waals surface area contributed by atoms with Crippen molar-refractivity contribution >= 4 is 37.6 Å². The van der Waals surface area contributed by atoms with Crippen LogP contribution in [0.15, 0.2) is 0 Å². The average Bonchev–Trinajstić information content (AvgIpc) is 2.30. The third kappa shape index (κ3) is 3.32. The van der Waals surface area contributed by atoms with E-state index >= 15 is 0 Å². The van der Waals surface area contributed by atoms with Crippen molar-refractivity contribution in [3.8, 4) is 0 Å². The maximum atomic E-state index is 12.3. The zero-order chi connectivity index (χ0) is 11.5. The number of carbonyl (C=O) groups excluding carboxylic acids is 1. The molecule has 2 aliphatic carbocycles. The third-order valence-corrected chi connectivity index (χ3v) is 5.95. The number of carbonyl (C=O) groups is 1. The molecule has 0 aliphatic heterocycles. The molecule has 0 aromatic carbocycles. The van der Waals surface area contributed by atoms with Crippen molar-refractivity contribution in [2.75, 3.05) is 0 Å². The van der Waals surface area contributed by atoms with Crippen molar-refractivity contribution in [2.45, 2.75) is 61.0 Å². The minimum atomic E-state index is 0.380. The van der Waals surface area contributed by atoms with Gasteiger partial charge in [0, 0.05) is 21.5 Å². The highest BCUT2D eigenvalue weighted by molar-refractivity contribution is 9.09. The lowest BCUT2D eigenvalue weighted by Crippen LogP contribution is -2.30. The largest absolute Gasteiger partial charge is 0.299 e. The molecule has 0 amide bonds. The summed E-state index contributed by atoms with van der Waals surface area (Å²) < 4.78 is 0. The summed E-state index contributed by atoms with van der Waals surface area (Å²) in [5.74, 6) is 1.34. The maximum absolute atomic E-state index is 12.3. The van der Waals surface area contributed by atoms with Crippen LogP contribution in [-0.4, -0.2) is 15.4 Å². The molecule has 0 bridgehead atoms. The Morgan fingerprint density at radius 3 is 1.31 bits per heavy atom. The molecule has 2 rings (SSSR count). The summed E-state index contributed by atoms with van der Waals surface area (Å²) in [6.07, 6.45) is 9.20. The van der Waals surface area contributed by atoms with E-state index < -0.39 is 0 Å². The minimum absolute atomic E-state index is 0.380. The Morgan fingerprint density at radius 1 is 0.688 bits per heavy atom. The lowest BCUT2D eigenvalue weighted by Gasteiger charge is -2.30. The van der Waals surface area contributed by atoms with E-state index in [0.29, 0.717) is 27.3 Å². The standard InChI is InChI=1S/C13H20Br2O/c14-11-5-1-9(2-6-11)13(16)10-3-7-12(15)8-4-10/h9-12H,1-8H2. The molecule has 0 spiro atoms. The van der Waals surface area contributed by atoms with E-state index in [0.717, 1.165) is 25.7 Å². The van der Waals surface area contributed by atoms with Gasteiger partial charge >= 0.3 is 0 Å². The quantitative estimate of drug-likeness (QED) is 0.671. The van der Waals surface area contributed by atoms with Crippen molar-refractivity contribution < 1.29 is 4.79 Å².